The molecule has 3 atom stereocenters. The van der Waals surface area contributed by atoms with Crippen LogP contribution in [0.5, 0.6) is 0 Å². The van der Waals surface area contributed by atoms with Gasteiger partial charge in [-0.3, -0.25) is 0 Å². The largest absolute Gasteiger partial charge is 0.324 e. The lowest BCUT2D eigenvalue weighted by Gasteiger charge is -2.40. The van der Waals surface area contributed by atoms with Crippen molar-refractivity contribution in [2.24, 2.45) is 5.73 Å². The number of nitrogens with one attached hydrogen (secondary N) is 1. The molecular formula is C20H26F12N2OS3. The molecule has 2 aromatic carbocycles. The van der Waals surface area contributed by atoms with E-state index >= 15 is 0 Å². The lowest BCUT2D eigenvalue weighted by atomic mass is 10.1. The van der Waals surface area contributed by atoms with Gasteiger partial charge in [0.2, 0.25) is 0 Å². The van der Waals surface area contributed by atoms with Crippen molar-refractivity contribution in [3.8, 4) is 0 Å². The van der Waals surface area contributed by atoms with Crippen molar-refractivity contribution in [3.63, 3.8) is 0 Å². The third kappa shape index (κ3) is 9.84. The molecule has 0 saturated carbocycles. The van der Waals surface area contributed by atoms with Gasteiger partial charge >= 0.3 is 20.4 Å². The molecule has 3 nitrogen and oxygen atoms in total. The number of halogens is 12. The van der Waals surface area contributed by atoms with Crippen molar-refractivity contribution in [3.05, 3.63) is 59.2 Å². The van der Waals surface area contributed by atoms with Gasteiger partial charge in [0.15, 0.2) is 0 Å². The van der Waals surface area contributed by atoms with E-state index in [1.807, 2.05) is 0 Å². The minimum atomic E-state index is -9.91. The van der Waals surface area contributed by atoms with E-state index in [0.717, 1.165) is 0 Å². The fourth-order valence-corrected chi connectivity index (χ4v) is 4.72. The number of rotatable bonds is 6. The Morgan fingerprint density at radius 2 is 1.08 bits per heavy atom. The first-order chi connectivity index (χ1) is 16.2. The van der Waals surface area contributed by atoms with Crippen LogP contribution >= 0.6 is 20.4 Å². The summed E-state index contributed by atoms with van der Waals surface area (Å²) in [5.74, 6) is -2.82. The van der Waals surface area contributed by atoms with Crippen LogP contribution < -0.4 is 10.5 Å². The predicted octanol–water partition coefficient (Wildman–Crippen LogP) is 10.1. The monoisotopic (exact) mass is 634 g/mol. The molecule has 0 amide bonds. The van der Waals surface area contributed by atoms with Crippen molar-refractivity contribution in [1.82, 2.24) is 4.72 Å². The fraction of sp³-hybridized carbons (Fsp3) is 0.400. The Morgan fingerprint density at radius 1 is 0.737 bits per heavy atom. The molecule has 0 bridgehead atoms. The number of hydrogen-bond acceptors (Lipinski definition) is 2. The van der Waals surface area contributed by atoms with E-state index in [1.165, 1.54) is 13.8 Å². The van der Waals surface area contributed by atoms with E-state index in [1.54, 1.807) is 20.8 Å². The van der Waals surface area contributed by atoms with Gasteiger partial charge in [0.25, 0.3) is 0 Å². The van der Waals surface area contributed by atoms with Gasteiger partial charge < -0.3 is 5.73 Å². The zero-order chi connectivity index (χ0) is 30.5. The second-order valence-electron chi connectivity index (χ2n) is 9.31. The lowest BCUT2D eigenvalue weighted by molar-refractivity contribution is 0.359. The maximum Gasteiger partial charge on any atom is 0.310 e. The summed E-state index contributed by atoms with van der Waals surface area (Å²) in [4.78, 5) is -4.53. The summed E-state index contributed by atoms with van der Waals surface area (Å²) in [6.45, 7) is 7.66. The molecule has 224 valence electrons. The van der Waals surface area contributed by atoms with E-state index in [2.05, 4.69) is 4.72 Å². The van der Waals surface area contributed by atoms with Gasteiger partial charge in [-0.1, -0.05) is 51.0 Å². The highest BCUT2D eigenvalue weighted by molar-refractivity contribution is 8.46. The third-order valence-corrected chi connectivity index (χ3v) is 8.60. The van der Waals surface area contributed by atoms with Crippen LogP contribution in [0, 0.1) is 11.6 Å². The zero-order valence-electron chi connectivity index (χ0n) is 20.4. The molecule has 18 heteroatoms. The highest BCUT2D eigenvalue weighted by Crippen LogP contribution is 3.02. The minimum absolute atomic E-state index is 0.137. The highest BCUT2D eigenvalue weighted by atomic mass is 32.5. The summed E-state index contributed by atoms with van der Waals surface area (Å²) in [5.41, 5.74) is 4.72. The number of benzene rings is 2. The molecule has 0 fully saturated rings. The smallest absolute Gasteiger partial charge is 0.310 e. The summed E-state index contributed by atoms with van der Waals surface area (Å²) < 4.78 is 165. The topological polar surface area (TPSA) is 55.1 Å². The van der Waals surface area contributed by atoms with Gasteiger partial charge in [-0.15, -0.1) is 0 Å². The standard InChI is InChI=1S/C12H17F6NOS2.C8H9F6NS/c1-8(19-21(20)12(2,3)4)10-6-5-9(7-11(10)13)22(14,15,16,17)18;1-5(15)7-3-2-6(4-8(7)9)16(10,11,12,13)14/h5-8,19H,1-4H3;2-5H,15H2,1H3/t8-,21-;5-/m00/s1. The molecule has 0 heterocycles. The lowest BCUT2D eigenvalue weighted by Crippen LogP contribution is -2.35. The molecule has 0 unspecified atom stereocenters. The van der Waals surface area contributed by atoms with E-state index in [4.69, 9.17) is 5.73 Å². The van der Waals surface area contributed by atoms with Crippen LogP contribution in [0.3, 0.4) is 0 Å². The molecule has 0 radical (unpaired) electrons. The van der Waals surface area contributed by atoms with Gasteiger partial charge in [-0.05, 0) is 58.9 Å². The first-order valence-corrected chi connectivity index (χ1v) is 15.3. The van der Waals surface area contributed by atoms with Crippen LogP contribution in [0.2, 0.25) is 0 Å². The van der Waals surface area contributed by atoms with Crippen LogP contribution in [0.25, 0.3) is 0 Å². The number of nitrogens with two attached hydrogens (primary N) is 1. The first-order valence-electron chi connectivity index (χ1n) is 10.2. The summed E-state index contributed by atoms with van der Waals surface area (Å²) in [5, 5.41) is 0. The van der Waals surface area contributed by atoms with Crippen molar-refractivity contribution < 1.29 is 51.8 Å². The summed E-state index contributed by atoms with van der Waals surface area (Å²) in [6, 6.07) is -0.704. The highest BCUT2D eigenvalue weighted by Gasteiger charge is 2.66. The SMILES string of the molecule is C[C@H](N)c1ccc(S(F)(F)(F)(F)F)cc1F.C[C@H](N[S@@](=O)C(C)(C)C)c1ccc(S(F)(F)(F)(F)F)cc1F. The van der Waals surface area contributed by atoms with E-state index in [9.17, 15) is 51.8 Å². The molecule has 2 aromatic rings. The van der Waals surface area contributed by atoms with Crippen molar-refractivity contribution in [2.45, 2.75) is 61.2 Å². The number of hydrogen-bond donors (Lipinski definition) is 2. The van der Waals surface area contributed by atoms with Gasteiger partial charge in [0.1, 0.15) is 21.4 Å². The Balaban J connectivity index is 0.000000399. The van der Waals surface area contributed by atoms with Crippen molar-refractivity contribution in [1.29, 1.82) is 0 Å². The predicted molar refractivity (Wildman–Crippen MR) is 128 cm³/mol. The molecule has 0 aliphatic carbocycles. The van der Waals surface area contributed by atoms with Crippen LogP contribution in [-0.4, -0.2) is 8.96 Å². The Labute approximate surface area is 214 Å². The summed E-state index contributed by atoms with van der Waals surface area (Å²) in [7, 11) is -21.3. The molecule has 0 aliphatic rings. The summed E-state index contributed by atoms with van der Waals surface area (Å²) in [6.07, 6.45) is 0. The van der Waals surface area contributed by atoms with E-state index in [0.29, 0.717) is 12.1 Å². The summed E-state index contributed by atoms with van der Waals surface area (Å²) >= 11 is 0. The van der Waals surface area contributed by atoms with Gasteiger partial charge in [-0.25, -0.2) is 17.7 Å². The zero-order valence-corrected chi connectivity index (χ0v) is 22.8. The third-order valence-electron chi connectivity index (χ3n) is 4.63. The molecular weight excluding hydrogens is 608 g/mol. The average molecular weight is 635 g/mol. The Kier molecular flexibility index (Phi) is 8.09. The maximum absolute atomic E-state index is 13.8. The molecule has 0 aliphatic heterocycles. The Hall–Kier alpha value is -1.63. The molecule has 38 heavy (non-hydrogen) atoms. The average Bonchev–Trinajstić information content (AvgIpc) is 2.63. The van der Waals surface area contributed by atoms with E-state index < -0.39 is 69.7 Å². The van der Waals surface area contributed by atoms with Crippen LogP contribution in [0.15, 0.2) is 46.2 Å². The van der Waals surface area contributed by atoms with Gasteiger partial charge in [-0.2, -0.15) is 0 Å². The second-order valence-corrected chi connectivity index (χ2v) is 16.1. The molecule has 2 rings (SSSR count). The van der Waals surface area contributed by atoms with Crippen molar-refractivity contribution in [2.75, 3.05) is 0 Å². The fourth-order valence-electron chi connectivity index (χ4n) is 2.62. The minimum Gasteiger partial charge on any atom is -0.324 e. The maximum atomic E-state index is 13.8. The molecule has 0 spiro atoms. The van der Waals surface area contributed by atoms with Crippen LogP contribution in [-0.2, 0) is 11.0 Å². The molecule has 0 saturated heterocycles. The first kappa shape index (κ1) is 34.4. The van der Waals surface area contributed by atoms with Crippen LogP contribution in [0.4, 0.5) is 47.6 Å². The van der Waals surface area contributed by atoms with Gasteiger partial charge in [0.05, 0.1) is 15.7 Å². The van der Waals surface area contributed by atoms with Gasteiger partial charge in [0, 0.05) is 23.2 Å². The normalized spacial score (nSPS) is 19.0. The quantitative estimate of drug-likeness (QED) is 0.311. The Morgan fingerprint density at radius 3 is 1.34 bits per heavy atom. The molecule has 0 aromatic heterocycles. The Bertz CT molecular complexity index is 1230. The molecule has 3 N–H and O–H groups in total. The van der Waals surface area contributed by atoms with E-state index in [-0.39, 0.29) is 35.4 Å². The van der Waals surface area contributed by atoms with Crippen molar-refractivity contribution >= 4 is 31.4 Å². The second kappa shape index (κ2) is 8.94. The van der Waals surface area contributed by atoms with Crippen LogP contribution in [0.1, 0.15) is 57.8 Å².